The van der Waals surface area contributed by atoms with Crippen molar-refractivity contribution in [1.82, 2.24) is 5.32 Å². The van der Waals surface area contributed by atoms with Crippen molar-refractivity contribution in [2.24, 2.45) is 0 Å². The molecule has 0 aromatic heterocycles. The molecule has 0 heterocycles. The molecule has 0 bridgehead atoms. The van der Waals surface area contributed by atoms with Crippen LogP contribution in [0.1, 0.15) is 36.3 Å². The lowest BCUT2D eigenvalue weighted by Gasteiger charge is -2.16. The van der Waals surface area contributed by atoms with Crippen LogP contribution in [0.2, 0.25) is 5.02 Å². The Morgan fingerprint density at radius 1 is 1.05 bits per heavy atom. The summed E-state index contributed by atoms with van der Waals surface area (Å²) in [6, 6.07) is 17.8. The predicted molar refractivity (Wildman–Crippen MR) is 95.3 cm³/mol. The molecule has 0 radical (unpaired) electrons. The zero-order chi connectivity index (χ0) is 15.9. The molecule has 0 saturated heterocycles. The van der Waals surface area contributed by atoms with Gasteiger partial charge < -0.3 is 5.32 Å². The summed E-state index contributed by atoms with van der Waals surface area (Å²) in [6.07, 6.45) is 0. The van der Waals surface area contributed by atoms with Gasteiger partial charge in [-0.25, -0.2) is 0 Å². The number of halogens is 1. The largest absolute Gasteiger partial charge is 0.349 e. The van der Waals surface area contributed by atoms with Gasteiger partial charge in [0, 0.05) is 10.3 Å². The number of rotatable bonds is 6. The zero-order valence-electron chi connectivity index (χ0n) is 12.8. The highest BCUT2D eigenvalue weighted by atomic mass is 35.5. The molecule has 2 nitrogen and oxygen atoms in total. The maximum absolute atomic E-state index is 12.1. The van der Waals surface area contributed by atoms with Crippen molar-refractivity contribution in [2.45, 2.75) is 25.1 Å². The highest BCUT2D eigenvalue weighted by Gasteiger charge is 2.12. The molecule has 2 aromatic rings. The topological polar surface area (TPSA) is 29.1 Å². The zero-order valence-corrected chi connectivity index (χ0v) is 14.3. The first-order chi connectivity index (χ1) is 10.6. The first kappa shape index (κ1) is 16.9. The Morgan fingerprint density at radius 3 is 2.32 bits per heavy atom. The van der Waals surface area contributed by atoms with Crippen LogP contribution in [0.5, 0.6) is 0 Å². The Bertz CT molecular complexity index is 600. The van der Waals surface area contributed by atoms with Crippen LogP contribution in [0.15, 0.2) is 54.6 Å². The molecular formula is C18H20ClNOS. The molecule has 0 saturated carbocycles. The minimum atomic E-state index is -0.0163. The number of nitrogens with one attached hydrogen (secondary N) is 1. The maximum atomic E-state index is 12.1. The second-order valence-corrected chi connectivity index (χ2v) is 6.97. The summed E-state index contributed by atoms with van der Waals surface area (Å²) in [4.78, 5) is 12.1. The average Bonchev–Trinajstić information content (AvgIpc) is 2.54. The number of amides is 1. The van der Waals surface area contributed by atoms with Crippen LogP contribution in [0, 0.1) is 0 Å². The van der Waals surface area contributed by atoms with Crippen molar-refractivity contribution in [2.75, 3.05) is 5.75 Å². The molecule has 0 spiro atoms. The number of benzene rings is 2. The van der Waals surface area contributed by atoms with E-state index in [1.165, 1.54) is 5.56 Å². The number of carbonyl (C=O) groups is 1. The van der Waals surface area contributed by atoms with Gasteiger partial charge in [0.2, 0.25) is 5.91 Å². The van der Waals surface area contributed by atoms with Crippen LogP contribution in [0.3, 0.4) is 0 Å². The van der Waals surface area contributed by atoms with Crippen LogP contribution >= 0.6 is 23.4 Å². The average molecular weight is 334 g/mol. The summed E-state index contributed by atoms with van der Waals surface area (Å²) < 4.78 is 0. The van der Waals surface area contributed by atoms with E-state index in [0.29, 0.717) is 16.0 Å². The highest BCUT2D eigenvalue weighted by Crippen LogP contribution is 2.27. The van der Waals surface area contributed by atoms with E-state index in [1.54, 1.807) is 11.8 Å². The van der Waals surface area contributed by atoms with E-state index in [1.807, 2.05) is 49.4 Å². The van der Waals surface area contributed by atoms with Gasteiger partial charge in [0.25, 0.3) is 0 Å². The summed E-state index contributed by atoms with van der Waals surface area (Å²) >= 11 is 7.52. The Morgan fingerprint density at radius 2 is 1.68 bits per heavy atom. The van der Waals surface area contributed by atoms with E-state index in [0.717, 1.165) is 5.56 Å². The van der Waals surface area contributed by atoms with Gasteiger partial charge in [-0.2, -0.15) is 0 Å². The number of carbonyl (C=O) groups excluding carboxylic acids is 1. The van der Waals surface area contributed by atoms with Gasteiger partial charge in [-0.1, -0.05) is 54.1 Å². The second kappa shape index (κ2) is 8.25. The molecule has 0 aliphatic heterocycles. The van der Waals surface area contributed by atoms with Gasteiger partial charge in [0.1, 0.15) is 0 Å². The van der Waals surface area contributed by atoms with Crippen molar-refractivity contribution in [3.63, 3.8) is 0 Å². The molecule has 0 aliphatic carbocycles. The Balaban J connectivity index is 1.81. The molecule has 0 unspecified atom stereocenters. The molecule has 2 rings (SSSR count). The predicted octanol–water partition coefficient (Wildman–Crippen LogP) is 5.01. The van der Waals surface area contributed by atoms with Gasteiger partial charge in [-0.05, 0) is 37.1 Å². The van der Waals surface area contributed by atoms with E-state index in [2.05, 4.69) is 24.4 Å². The molecule has 0 aliphatic rings. The number of thioether (sulfide) groups is 1. The Hall–Kier alpha value is -1.45. The van der Waals surface area contributed by atoms with Crippen molar-refractivity contribution >= 4 is 29.3 Å². The quantitative estimate of drug-likeness (QED) is 0.805. The molecule has 116 valence electrons. The summed E-state index contributed by atoms with van der Waals surface area (Å²) in [5.41, 5.74) is 2.30. The second-order valence-electron chi connectivity index (χ2n) is 5.20. The van der Waals surface area contributed by atoms with Crippen LogP contribution in [-0.4, -0.2) is 11.7 Å². The summed E-state index contributed by atoms with van der Waals surface area (Å²) in [5, 5.41) is 4.03. The summed E-state index contributed by atoms with van der Waals surface area (Å²) in [5.74, 6) is 0.504. The van der Waals surface area contributed by atoms with Crippen LogP contribution in [0.25, 0.3) is 0 Å². The smallest absolute Gasteiger partial charge is 0.230 e. The van der Waals surface area contributed by atoms with E-state index in [-0.39, 0.29) is 11.9 Å². The lowest BCUT2D eigenvalue weighted by atomic mass is 10.1. The first-order valence-corrected chi connectivity index (χ1v) is 8.70. The number of hydrogen-bond donors (Lipinski definition) is 1. The fraction of sp³-hybridized carbons (Fsp3) is 0.278. The molecule has 1 amide bonds. The van der Waals surface area contributed by atoms with Gasteiger partial charge in [-0.15, -0.1) is 11.8 Å². The SMILES string of the molecule is C[C@H](SCC(=O)N[C@H](C)c1ccc(Cl)cc1)c1ccccc1. The first-order valence-electron chi connectivity index (χ1n) is 7.27. The van der Waals surface area contributed by atoms with Crippen LogP contribution in [-0.2, 0) is 4.79 Å². The fourth-order valence-electron chi connectivity index (χ4n) is 2.14. The minimum absolute atomic E-state index is 0.0163. The molecule has 4 heteroatoms. The van der Waals surface area contributed by atoms with E-state index >= 15 is 0 Å². The van der Waals surface area contributed by atoms with Gasteiger partial charge in [0.05, 0.1) is 11.8 Å². The van der Waals surface area contributed by atoms with Gasteiger partial charge >= 0.3 is 0 Å². The minimum Gasteiger partial charge on any atom is -0.349 e. The molecule has 0 fully saturated rings. The third kappa shape index (κ3) is 5.08. The Labute approximate surface area is 141 Å². The molecule has 2 atom stereocenters. The fourth-order valence-corrected chi connectivity index (χ4v) is 3.10. The lowest BCUT2D eigenvalue weighted by molar-refractivity contribution is -0.119. The normalized spacial score (nSPS) is 13.4. The third-order valence-corrected chi connectivity index (χ3v) is 4.93. The van der Waals surface area contributed by atoms with Crippen molar-refractivity contribution in [1.29, 1.82) is 0 Å². The summed E-state index contributed by atoms with van der Waals surface area (Å²) in [7, 11) is 0. The molecule has 22 heavy (non-hydrogen) atoms. The van der Waals surface area contributed by atoms with E-state index in [4.69, 9.17) is 11.6 Å². The van der Waals surface area contributed by atoms with Crippen LogP contribution < -0.4 is 5.32 Å². The van der Waals surface area contributed by atoms with Crippen molar-refractivity contribution in [3.8, 4) is 0 Å². The third-order valence-electron chi connectivity index (χ3n) is 3.48. The molecule has 1 N–H and O–H groups in total. The standard InChI is InChI=1S/C18H20ClNOS/c1-13(15-8-10-17(19)11-9-15)20-18(21)12-22-14(2)16-6-4-3-5-7-16/h3-11,13-14H,12H2,1-2H3,(H,20,21)/t13-,14+/m1/s1. The highest BCUT2D eigenvalue weighted by molar-refractivity contribution is 8.00. The lowest BCUT2D eigenvalue weighted by Crippen LogP contribution is -2.28. The van der Waals surface area contributed by atoms with Gasteiger partial charge in [-0.3, -0.25) is 4.79 Å². The molecular weight excluding hydrogens is 314 g/mol. The maximum Gasteiger partial charge on any atom is 0.230 e. The van der Waals surface area contributed by atoms with Crippen molar-refractivity contribution in [3.05, 3.63) is 70.7 Å². The van der Waals surface area contributed by atoms with Crippen LogP contribution in [0.4, 0.5) is 0 Å². The Kier molecular flexibility index (Phi) is 6.34. The summed E-state index contributed by atoms with van der Waals surface area (Å²) in [6.45, 7) is 4.10. The van der Waals surface area contributed by atoms with Gasteiger partial charge in [0.15, 0.2) is 0 Å². The monoisotopic (exact) mass is 333 g/mol. The molecule has 2 aromatic carbocycles. The van der Waals surface area contributed by atoms with Crippen molar-refractivity contribution < 1.29 is 4.79 Å². The van der Waals surface area contributed by atoms with E-state index < -0.39 is 0 Å². The van der Waals surface area contributed by atoms with E-state index in [9.17, 15) is 4.79 Å². The number of hydrogen-bond acceptors (Lipinski definition) is 2.